The van der Waals surface area contributed by atoms with Crippen LogP contribution in [0.1, 0.15) is 24.3 Å². The Bertz CT molecular complexity index is 644. The minimum absolute atomic E-state index is 0.241. The SMILES string of the molecule is CC(NC(=O)c1csc(-c2cnccn2)n1)C(C)C(=O)O. The van der Waals surface area contributed by atoms with Crippen LogP contribution in [0.5, 0.6) is 0 Å². The Morgan fingerprint density at radius 1 is 1.33 bits per heavy atom. The normalized spacial score (nSPS) is 13.4. The molecular formula is C13H14N4O3S. The molecule has 0 fully saturated rings. The Hall–Kier alpha value is -2.35. The lowest BCUT2D eigenvalue weighted by Crippen LogP contribution is -2.40. The van der Waals surface area contributed by atoms with E-state index < -0.39 is 23.8 Å². The zero-order chi connectivity index (χ0) is 15.4. The van der Waals surface area contributed by atoms with Gasteiger partial charge in [-0.15, -0.1) is 11.3 Å². The number of aromatic nitrogens is 3. The van der Waals surface area contributed by atoms with Crippen LogP contribution >= 0.6 is 11.3 Å². The summed E-state index contributed by atoms with van der Waals surface area (Å²) in [6.07, 6.45) is 4.67. The van der Waals surface area contributed by atoms with E-state index in [2.05, 4.69) is 20.3 Å². The lowest BCUT2D eigenvalue weighted by molar-refractivity contribution is -0.141. The molecule has 0 aliphatic carbocycles. The first-order chi connectivity index (χ1) is 9.99. The number of hydrogen-bond donors (Lipinski definition) is 2. The van der Waals surface area contributed by atoms with Crippen LogP contribution in [0.25, 0.3) is 10.7 Å². The molecule has 2 unspecified atom stereocenters. The lowest BCUT2D eigenvalue weighted by Gasteiger charge is -2.16. The van der Waals surface area contributed by atoms with Gasteiger partial charge in [0.1, 0.15) is 16.4 Å². The van der Waals surface area contributed by atoms with Crippen LogP contribution in [0.3, 0.4) is 0 Å². The fraction of sp³-hybridized carbons (Fsp3) is 0.308. The molecule has 0 aromatic carbocycles. The predicted molar refractivity (Wildman–Crippen MR) is 76.9 cm³/mol. The van der Waals surface area contributed by atoms with Crippen molar-refractivity contribution in [2.75, 3.05) is 0 Å². The van der Waals surface area contributed by atoms with Gasteiger partial charge in [0.15, 0.2) is 0 Å². The third-order valence-electron chi connectivity index (χ3n) is 3.02. The van der Waals surface area contributed by atoms with Crippen LogP contribution in [0, 0.1) is 5.92 Å². The quantitative estimate of drug-likeness (QED) is 0.866. The van der Waals surface area contributed by atoms with Crippen molar-refractivity contribution < 1.29 is 14.7 Å². The summed E-state index contributed by atoms with van der Waals surface area (Å²) >= 11 is 1.28. The van der Waals surface area contributed by atoms with E-state index in [-0.39, 0.29) is 5.69 Å². The maximum atomic E-state index is 12.0. The average Bonchev–Trinajstić information content (AvgIpc) is 2.97. The Morgan fingerprint density at radius 3 is 2.71 bits per heavy atom. The molecule has 2 atom stereocenters. The minimum atomic E-state index is -0.957. The molecule has 2 rings (SSSR count). The second-order valence-electron chi connectivity index (χ2n) is 4.52. The van der Waals surface area contributed by atoms with Crippen LogP contribution < -0.4 is 5.32 Å². The van der Waals surface area contributed by atoms with E-state index in [0.717, 1.165) is 0 Å². The van der Waals surface area contributed by atoms with E-state index in [1.165, 1.54) is 11.3 Å². The van der Waals surface area contributed by atoms with Crippen molar-refractivity contribution in [1.29, 1.82) is 0 Å². The minimum Gasteiger partial charge on any atom is -0.481 e. The van der Waals surface area contributed by atoms with E-state index >= 15 is 0 Å². The molecule has 2 N–H and O–H groups in total. The zero-order valence-electron chi connectivity index (χ0n) is 11.5. The Morgan fingerprint density at radius 2 is 2.10 bits per heavy atom. The second-order valence-corrected chi connectivity index (χ2v) is 5.38. The van der Waals surface area contributed by atoms with Crippen LogP contribution in [-0.2, 0) is 4.79 Å². The standard InChI is InChI=1S/C13H14N4O3S/c1-7(13(19)20)8(2)16-11(18)10-6-21-12(17-10)9-5-14-3-4-15-9/h3-8H,1-2H3,(H,16,18)(H,19,20). The zero-order valence-corrected chi connectivity index (χ0v) is 12.3. The molecule has 2 heterocycles. The van der Waals surface area contributed by atoms with Crippen molar-refractivity contribution in [3.05, 3.63) is 29.7 Å². The number of carboxylic acid groups (broad SMARTS) is 1. The van der Waals surface area contributed by atoms with E-state index in [9.17, 15) is 9.59 Å². The molecule has 2 aromatic heterocycles. The molecule has 0 bridgehead atoms. The fourth-order valence-electron chi connectivity index (χ4n) is 1.52. The van der Waals surface area contributed by atoms with Gasteiger partial charge >= 0.3 is 5.97 Å². The van der Waals surface area contributed by atoms with Crippen molar-refractivity contribution in [1.82, 2.24) is 20.3 Å². The summed E-state index contributed by atoms with van der Waals surface area (Å²) in [5.74, 6) is -2.03. The van der Waals surface area contributed by atoms with Crippen molar-refractivity contribution in [3.8, 4) is 10.7 Å². The monoisotopic (exact) mass is 306 g/mol. The van der Waals surface area contributed by atoms with Crippen molar-refractivity contribution >= 4 is 23.2 Å². The number of rotatable bonds is 5. The molecule has 0 saturated heterocycles. The summed E-state index contributed by atoms with van der Waals surface area (Å²) in [6, 6.07) is -0.489. The molecule has 0 aliphatic heterocycles. The average molecular weight is 306 g/mol. The lowest BCUT2D eigenvalue weighted by atomic mass is 10.0. The molecule has 21 heavy (non-hydrogen) atoms. The number of amides is 1. The van der Waals surface area contributed by atoms with Crippen LogP contribution in [0.2, 0.25) is 0 Å². The van der Waals surface area contributed by atoms with Crippen molar-refractivity contribution in [2.24, 2.45) is 5.92 Å². The predicted octanol–water partition coefficient (Wildman–Crippen LogP) is 1.44. The number of thiazole rings is 1. The highest BCUT2D eigenvalue weighted by Crippen LogP contribution is 2.20. The summed E-state index contributed by atoms with van der Waals surface area (Å²) in [5.41, 5.74) is 0.832. The van der Waals surface area contributed by atoms with Gasteiger partial charge in [0.25, 0.3) is 5.91 Å². The maximum Gasteiger partial charge on any atom is 0.308 e. The van der Waals surface area contributed by atoms with E-state index in [4.69, 9.17) is 5.11 Å². The number of carboxylic acids is 1. The van der Waals surface area contributed by atoms with Crippen LogP contribution in [0.15, 0.2) is 24.0 Å². The maximum absolute atomic E-state index is 12.0. The second kappa shape index (κ2) is 6.40. The van der Waals surface area contributed by atoms with Gasteiger partial charge in [-0.3, -0.25) is 19.6 Å². The molecule has 0 aliphatic rings. The Labute approximate surface area is 125 Å². The first-order valence-electron chi connectivity index (χ1n) is 6.24. The number of hydrogen-bond acceptors (Lipinski definition) is 6. The summed E-state index contributed by atoms with van der Waals surface area (Å²) < 4.78 is 0. The van der Waals surface area contributed by atoms with Gasteiger partial charge in [0.05, 0.1) is 12.1 Å². The molecule has 110 valence electrons. The van der Waals surface area contributed by atoms with E-state index in [0.29, 0.717) is 10.7 Å². The molecular weight excluding hydrogens is 292 g/mol. The molecule has 0 spiro atoms. The Balaban J connectivity index is 2.08. The third kappa shape index (κ3) is 3.60. The number of aliphatic carboxylic acids is 1. The Kier molecular flexibility index (Phi) is 4.59. The number of nitrogens with one attached hydrogen (secondary N) is 1. The van der Waals surface area contributed by atoms with Gasteiger partial charge < -0.3 is 10.4 Å². The van der Waals surface area contributed by atoms with Gasteiger partial charge in [-0.1, -0.05) is 0 Å². The van der Waals surface area contributed by atoms with Gasteiger partial charge in [-0.2, -0.15) is 0 Å². The first kappa shape index (κ1) is 15.0. The summed E-state index contributed by atoms with van der Waals surface area (Å²) in [6.45, 7) is 3.19. The van der Waals surface area contributed by atoms with Crippen molar-refractivity contribution in [3.63, 3.8) is 0 Å². The number of carbonyl (C=O) groups excluding carboxylic acids is 1. The summed E-state index contributed by atoms with van der Waals surface area (Å²) in [7, 11) is 0. The first-order valence-corrected chi connectivity index (χ1v) is 7.12. The molecule has 0 saturated carbocycles. The van der Waals surface area contributed by atoms with Gasteiger partial charge in [-0.05, 0) is 13.8 Å². The largest absolute Gasteiger partial charge is 0.481 e. The van der Waals surface area contributed by atoms with Gasteiger partial charge in [-0.25, -0.2) is 4.98 Å². The number of carbonyl (C=O) groups is 2. The van der Waals surface area contributed by atoms with Crippen molar-refractivity contribution in [2.45, 2.75) is 19.9 Å². The fourth-order valence-corrected chi connectivity index (χ4v) is 2.29. The summed E-state index contributed by atoms with van der Waals surface area (Å²) in [5, 5.41) is 13.7. The van der Waals surface area contributed by atoms with Crippen LogP contribution in [-0.4, -0.2) is 38.0 Å². The highest BCUT2D eigenvalue weighted by atomic mass is 32.1. The smallest absolute Gasteiger partial charge is 0.308 e. The molecule has 7 nitrogen and oxygen atoms in total. The highest BCUT2D eigenvalue weighted by molar-refractivity contribution is 7.13. The number of nitrogens with zero attached hydrogens (tertiary/aromatic N) is 3. The van der Waals surface area contributed by atoms with E-state index in [1.807, 2.05) is 0 Å². The van der Waals surface area contributed by atoms with Gasteiger partial charge in [0, 0.05) is 23.8 Å². The summed E-state index contributed by atoms with van der Waals surface area (Å²) in [4.78, 5) is 35.1. The molecule has 0 radical (unpaired) electrons. The van der Waals surface area contributed by atoms with Gasteiger partial charge in [0.2, 0.25) is 0 Å². The molecule has 2 aromatic rings. The van der Waals surface area contributed by atoms with E-state index in [1.54, 1.807) is 37.8 Å². The third-order valence-corrected chi connectivity index (χ3v) is 3.88. The topological polar surface area (TPSA) is 105 Å². The van der Waals surface area contributed by atoms with Crippen LogP contribution in [0.4, 0.5) is 0 Å². The molecule has 8 heteroatoms. The molecule has 1 amide bonds. The highest BCUT2D eigenvalue weighted by Gasteiger charge is 2.22.